The highest BCUT2D eigenvalue weighted by Gasteiger charge is 2.15. The molecule has 1 N–H and O–H groups in total. The molecule has 1 saturated carbocycles. The fraction of sp³-hybridized carbons (Fsp3) is 0.714. The molecule has 0 radical (unpaired) electrons. The SMILES string of the molecule is OC(CCc1cccs1)CSC1CCCCC1. The van der Waals surface area contributed by atoms with E-state index in [4.69, 9.17) is 0 Å². The Morgan fingerprint density at radius 2 is 2.18 bits per heavy atom. The van der Waals surface area contributed by atoms with Crippen LogP contribution in [-0.2, 0) is 6.42 Å². The van der Waals surface area contributed by atoms with E-state index in [1.54, 1.807) is 11.3 Å². The smallest absolute Gasteiger partial charge is 0.0634 e. The van der Waals surface area contributed by atoms with Gasteiger partial charge in [-0.3, -0.25) is 0 Å². The lowest BCUT2D eigenvalue weighted by molar-refractivity contribution is 0.189. The molecule has 0 saturated heterocycles. The van der Waals surface area contributed by atoms with Crippen molar-refractivity contribution in [2.75, 3.05) is 5.75 Å². The Kier molecular flexibility index (Phi) is 5.89. The minimum atomic E-state index is -0.121. The van der Waals surface area contributed by atoms with Gasteiger partial charge in [-0.1, -0.05) is 25.3 Å². The van der Waals surface area contributed by atoms with Crippen molar-refractivity contribution in [1.82, 2.24) is 0 Å². The summed E-state index contributed by atoms with van der Waals surface area (Å²) in [4.78, 5) is 1.40. The van der Waals surface area contributed by atoms with E-state index in [0.717, 1.165) is 23.8 Å². The number of hydrogen-bond donors (Lipinski definition) is 1. The molecule has 3 heteroatoms. The third-order valence-electron chi connectivity index (χ3n) is 3.38. The van der Waals surface area contributed by atoms with Crippen molar-refractivity contribution in [2.24, 2.45) is 0 Å². The molecular formula is C14H22OS2. The van der Waals surface area contributed by atoms with Gasteiger partial charge in [-0.2, -0.15) is 11.8 Å². The van der Waals surface area contributed by atoms with E-state index in [9.17, 15) is 5.11 Å². The molecule has 0 aliphatic heterocycles. The first-order chi connectivity index (χ1) is 8.34. The van der Waals surface area contributed by atoms with Gasteiger partial charge in [0.25, 0.3) is 0 Å². The van der Waals surface area contributed by atoms with Crippen LogP contribution in [0.2, 0.25) is 0 Å². The molecule has 0 spiro atoms. The summed E-state index contributed by atoms with van der Waals surface area (Å²) in [7, 11) is 0. The molecule has 1 aromatic heterocycles. The van der Waals surface area contributed by atoms with Crippen LogP contribution in [-0.4, -0.2) is 22.2 Å². The lowest BCUT2D eigenvalue weighted by Gasteiger charge is -2.22. The summed E-state index contributed by atoms with van der Waals surface area (Å²) < 4.78 is 0. The van der Waals surface area contributed by atoms with Gasteiger partial charge < -0.3 is 5.11 Å². The summed E-state index contributed by atoms with van der Waals surface area (Å²) >= 11 is 3.79. The van der Waals surface area contributed by atoms with Crippen molar-refractivity contribution in [3.63, 3.8) is 0 Å². The van der Waals surface area contributed by atoms with Gasteiger partial charge in [0, 0.05) is 15.9 Å². The highest BCUT2D eigenvalue weighted by molar-refractivity contribution is 7.99. The lowest BCUT2D eigenvalue weighted by Crippen LogP contribution is -2.16. The average molecular weight is 270 g/mol. The molecule has 1 aliphatic carbocycles. The number of aryl methyl sites for hydroxylation is 1. The van der Waals surface area contributed by atoms with Gasteiger partial charge in [0.1, 0.15) is 0 Å². The summed E-state index contributed by atoms with van der Waals surface area (Å²) in [6.45, 7) is 0. The van der Waals surface area contributed by atoms with Crippen molar-refractivity contribution in [3.05, 3.63) is 22.4 Å². The molecule has 1 aliphatic rings. The van der Waals surface area contributed by atoms with E-state index in [0.29, 0.717) is 0 Å². The molecule has 1 fully saturated rings. The highest BCUT2D eigenvalue weighted by Crippen LogP contribution is 2.29. The maximum absolute atomic E-state index is 9.96. The molecule has 0 bridgehead atoms. The first kappa shape index (κ1) is 13.4. The summed E-state index contributed by atoms with van der Waals surface area (Å²) in [6.07, 6.45) is 8.75. The zero-order chi connectivity index (χ0) is 11.9. The van der Waals surface area contributed by atoms with Crippen LogP contribution in [0.15, 0.2) is 17.5 Å². The Bertz CT molecular complexity index is 291. The van der Waals surface area contributed by atoms with Crippen LogP contribution in [0.3, 0.4) is 0 Å². The average Bonchev–Trinajstić information content (AvgIpc) is 2.88. The fourth-order valence-electron chi connectivity index (χ4n) is 2.33. The van der Waals surface area contributed by atoms with Crippen LogP contribution in [0.4, 0.5) is 0 Å². The number of aliphatic hydroxyl groups is 1. The van der Waals surface area contributed by atoms with Crippen molar-refractivity contribution in [1.29, 1.82) is 0 Å². The summed E-state index contributed by atoms with van der Waals surface area (Å²) in [6, 6.07) is 4.24. The molecule has 1 unspecified atom stereocenters. The van der Waals surface area contributed by atoms with Gasteiger partial charge in [0.05, 0.1) is 6.10 Å². The van der Waals surface area contributed by atoms with Crippen LogP contribution in [0, 0.1) is 0 Å². The van der Waals surface area contributed by atoms with Gasteiger partial charge in [-0.25, -0.2) is 0 Å². The predicted molar refractivity (Wildman–Crippen MR) is 78.0 cm³/mol. The number of rotatable bonds is 6. The molecule has 96 valence electrons. The van der Waals surface area contributed by atoms with Gasteiger partial charge >= 0.3 is 0 Å². The van der Waals surface area contributed by atoms with E-state index in [1.807, 2.05) is 11.8 Å². The number of aliphatic hydroxyl groups excluding tert-OH is 1. The van der Waals surface area contributed by atoms with Crippen LogP contribution in [0.5, 0.6) is 0 Å². The summed E-state index contributed by atoms with van der Waals surface area (Å²) in [5, 5.41) is 12.9. The zero-order valence-electron chi connectivity index (χ0n) is 10.3. The second-order valence-corrected chi connectivity index (χ2v) is 7.23. The quantitative estimate of drug-likeness (QED) is 0.839. The molecule has 1 heterocycles. The molecule has 1 nitrogen and oxygen atoms in total. The molecule has 17 heavy (non-hydrogen) atoms. The van der Waals surface area contributed by atoms with Crippen molar-refractivity contribution in [3.8, 4) is 0 Å². The first-order valence-electron chi connectivity index (χ1n) is 6.66. The predicted octanol–water partition coefficient (Wildman–Crippen LogP) is 4.11. The van der Waals surface area contributed by atoms with E-state index in [-0.39, 0.29) is 6.10 Å². The van der Waals surface area contributed by atoms with Crippen molar-refractivity contribution in [2.45, 2.75) is 56.3 Å². The van der Waals surface area contributed by atoms with Gasteiger partial charge in [0.2, 0.25) is 0 Å². The monoisotopic (exact) mass is 270 g/mol. The van der Waals surface area contributed by atoms with Crippen LogP contribution < -0.4 is 0 Å². The highest BCUT2D eigenvalue weighted by atomic mass is 32.2. The van der Waals surface area contributed by atoms with Gasteiger partial charge in [-0.15, -0.1) is 11.3 Å². The molecule has 1 aromatic rings. The topological polar surface area (TPSA) is 20.2 Å². The molecule has 1 atom stereocenters. The first-order valence-corrected chi connectivity index (χ1v) is 8.59. The maximum Gasteiger partial charge on any atom is 0.0634 e. The van der Waals surface area contributed by atoms with Crippen LogP contribution >= 0.6 is 23.1 Å². The largest absolute Gasteiger partial charge is 0.392 e. The lowest BCUT2D eigenvalue weighted by atomic mass is 10.0. The standard InChI is InChI=1S/C14H22OS2/c15-12(8-9-14-7-4-10-16-14)11-17-13-5-2-1-3-6-13/h4,7,10,12-13,15H,1-3,5-6,8-9,11H2. The van der Waals surface area contributed by atoms with Crippen molar-refractivity contribution < 1.29 is 5.11 Å². The second-order valence-electron chi connectivity index (χ2n) is 4.87. The zero-order valence-corrected chi connectivity index (χ0v) is 11.9. The van der Waals surface area contributed by atoms with Gasteiger partial charge in [0.15, 0.2) is 0 Å². The maximum atomic E-state index is 9.96. The molecule has 0 aromatic carbocycles. The number of thioether (sulfide) groups is 1. The van der Waals surface area contributed by atoms with E-state index in [2.05, 4.69) is 17.5 Å². The Morgan fingerprint density at radius 1 is 1.35 bits per heavy atom. The summed E-state index contributed by atoms with van der Waals surface area (Å²) in [5.74, 6) is 0.927. The van der Waals surface area contributed by atoms with E-state index >= 15 is 0 Å². The normalized spacial score (nSPS) is 19.4. The molecule has 0 amide bonds. The van der Waals surface area contributed by atoms with E-state index in [1.165, 1.54) is 37.0 Å². The number of hydrogen-bond acceptors (Lipinski definition) is 3. The Labute approximate surface area is 113 Å². The van der Waals surface area contributed by atoms with Crippen LogP contribution in [0.25, 0.3) is 0 Å². The fourth-order valence-corrected chi connectivity index (χ4v) is 4.38. The molecular weight excluding hydrogens is 248 g/mol. The Balaban J connectivity index is 1.58. The van der Waals surface area contributed by atoms with Gasteiger partial charge in [-0.05, 0) is 37.1 Å². The third kappa shape index (κ3) is 5.02. The molecule has 2 rings (SSSR count). The third-order valence-corrected chi connectivity index (χ3v) is 5.84. The second kappa shape index (κ2) is 7.45. The Morgan fingerprint density at radius 3 is 2.88 bits per heavy atom. The Hall–Kier alpha value is 0.01000. The number of thiophene rings is 1. The van der Waals surface area contributed by atoms with E-state index < -0.39 is 0 Å². The summed E-state index contributed by atoms with van der Waals surface area (Å²) in [5.41, 5.74) is 0. The van der Waals surface area contributed by atoms with Crippen LogP contribution in [0.1, 0.15) is 43.4 Å². The minimum absolute atomic E-state index is 0.121. The van der Waals surface area contributed by atoms with Crippen molar-refractivity contribution >= 4 is 23.1 Å². The minimum Gasteiger partial charge on any atom is -0.392 e.